The number of imidazole rings is 1. The van der Waals surface area contributed by atoms with Crippen LogP contribution in [0.15, 0.2) is 18.6 Å². The van der Waals surface area contributed by atoms with Crippen LogP contribution in [0.3, 0.4) is 0 Å². The first-order chi connectivity index (χ1) is 11.3. The Morgan fingerprint density at radius 3 is 2.92 bits per heavy atom. The zero-order valence-corrected chi connectivity index (χ0v) is 14.7. The van der Waals surface area contributed by atoms with Crippen LogP contribution in [-0.2, 0) is 4.74 Å². The molecule has 0 aliphatic carbocycles. The van der Waals surface area contributed by atoms with E-state index in [1.54, 1.807) is 11.1 Å². The van der Waals surface area contributed by atoms with Crippen molar-refractivity contribution in [3.05, 3.63) is 24.3 Å². The molecular weight excluding hydrogens is 308 g/mol. The summed E-state index contributed by atoms with van der Waals surface area (Å²) in [6.07, 6.45) is 6.81. The molecule has 0 saturated carbocycles. The highest BCUT2D eigenvalue weighted by atomic mass is 16.6. The quantitative estimate of drug-likeness (QED) is 0.846. The minimum absolute atomic E-state index is 0.109. The summed E-state index contributed by atoms with van der Waals surface area (Å²) in [7, 11) is 0. The highest BCUT2D eigenvalue weighted by molar-refractivity contribution is 5.68. The summed E-state index contributed by atoms with van der Waals surface area (Å²) in [5, 5.41) is 0. The van der Waals surface area contributed by atoms with Crippen LogP contribution in [0.25, 0.3) is 5.65 Å². The van der Waals surface area contributed by atoms with E-state index in [9.17, 15) is 4.79 Å². The molecule has 0 spiro atoms. The average Bonchev–Trinajstić information content (AvgIpc) is 2.87. The molecule has 1 saturated heterocycles. The number of likely N-dealkylation sites (tertiary alicyclic amines) is 1. The van der Waals surface area contributed by atoms with Crippen molar-refractivity contribution in [1.82, 2.24) is 19.3 Å². The van der Waals surface area contributed by atoms with Crippen molar-refractivity contribution in [1.29, 1.82) is 0 Å². The summed E-state index contributed by atoms with van der Waals surface area (Å²) in [4.78, 5) is 22.7. The van der Waals surface area contributed by atoms with Crippen LogP contribution in [0, 0.1) is 6.92 Å². The SMILES string of the molecule is Cc1cn2ccnc(OC3CCCN(C(=O)OC(C)(C)C)C3)c2n1. The van der Waals surface area contributed by atoms with E-state index in [0.717, 1.165) is 18.5 Å². The molecule has 1 unspecified atom stereocenters. The second-order valence-electron chi connectivity index (χ2n) is 7.15. The van der Waals surface area contributed by atoms with Crippen LogP contribution in [0.5, 0.6) is 5.88 Å². The minimum Gasteiger partial charge on any atom is -0.470 e. The number of rotatable bonds is 2. The maximum Gasteiger partial charge on any atom is 0.410 e. The van der Waals surface area contributed by atoms with Gasteiger partial charge in [-0.15, -0.1) is 0 Å². The third kappa shape index (κ3) is 3.77. The number of fused-ring (bicyclic) bond motifs is 1. The first kappa shape index (κ1) is 16.5. The summed E-state index contributed by atoms with van der Waals surface area (Å²) in [5.74, 6) is 0.502. The van der Waals surface area contributed by atoms with E-state index in [4.69, 9.17) is 9.47 Å². The Balaban J connectivity index is 1.70. The fourth-order valence-electron chi connectivity index (χ4n) is 2.79. The number of amides is 1. The van der Waals surface area contributed by atoms with Crippen molar-refractivity contribution in [2.24, 2.45) is 0 Å². The molecule has 7 nitrogen and oxygen atoms in total. The summed E-state index contributed by atoms with van der Waals surface area (Å²) in [6, 6.07) is 0. The molecule has 1 atom stereocenters. The Kier molecular flexibility index (Phi) is 4.34. The highest BCUT2D eigenvalue weighted by Crippen LogP contribution is 2.22. The fourth-order valence-corrected chi connectivity index (χ4v) is 2.79. The fraction of sp³-hybridized carbons (Fsp3) is 0.588. The second-order valence-corrected chi connectivity index (χ2v) is 7.15. The largest absolute Gasteiger partial charge is 0.470 e. The van der Waals surface area contributed by atoms with Crippen molar-refractivity contribution < 1.29 is 14.3 Å². The monoisotopic (exact) mass is 332 g/mol. The minimum atomic E-state index is -0.495. The molecule has 1 aliphatic rings. The lowest BCUT2D eigenvalue weighted by molar-refractivity contribution is 0.00736. The van der Waals surface area contributed by atoms with Crippen molar-refractivity contribution in [3.63, 3.8) is 0 Å². The van der Waals surface area contributed by atoms with Gasteiger partial charge in [-0.2, -0.15) is 0 Å². The molecular formula is C17H24N4O3. The van der Waals surface area contributed by atoms with Crippen LogP contribution in [0.1, 0.15) is 39.3 Å². The molecule has 0 N–H and O–H groups in total. The van der Waals surface area contributed by atoms with Crippen LogP contribution < -0.4 is 4.74 Å². The smallest absolute Gasteiger partial charge is 0.410 e. The lowest BCUT2D eigenvalue weighted by Crippen LogP contribution is -2.46. The molecule has 130 valence electrons. The van der Waals surface area contributed by atoms with E-state index in [-0.39, 0.29) is 12.2 Å². The van der Waals surface area contributed by atoms with Crippen LogP contribution in [0.2, 0.25) is 0 Å². The number of carbonyl (C=O) groups is 1. The lowest BCUT2D eigenvalue weighted by Gasteiger charge is -2.33. The number of piperidine rings is 1. The Labute approximate surface area is 141 Å². The van der Waals surface area contributed by atoms with Crippen molar-refractivity contribution in [2.45, 2.75) is 52.2 Å². The molecule has 1 amide bonds. The third-order valence-electron chi connectivity index (χ3n) is 3.77. The van der Waals surface area contributed by atoms with Gasteiger partial charge in [0.2, 0.25) is 5.65 Å². The van der Waals surface area contributed by atoms with Gasteiger partial charge in [-0.1, -0.05) is 0 Å². The maximum atomic E-state index is 12.2. The van der Waals surface area contributed by atoms with E-state index in [2.05, 4.69) is 9.97 Å². The topological polar surface area (TPSA) is 69.0 Å². The van der Waals surface area contributed by atoms with E-state index < -0.39 is 5.60 Å². The Morgan fingerprint density at radius 1 is 1.38 bits per heavy atom. The van der Waals surface area contributed by atoms with E-state index >= 15 is 0 Å². The second kappa shape index (κ2) is 6.30. The van der Waals surface area contributed by atoms with Crippen LogP contribution in [0.4, 0.5) is 4.79 Å². The highest BCUT2D eigenvalue weighted by Gasteiger charge is 2.29. The number of hydrogen-bond acceptors (Lipinski definition) is 5. The van der Waals surface area contributed by atoms with Gasteiger partial charge in [-0.25, -0.2) is 14.8 Å². The summed E-state index contributed by atoms with van der Waals surface area (Å²) in [6.45, 7) is 8.73. The Bertz CT molecular complexity index is 735. The van der Waals surface area contributed by atoms with Crippen LogP contribution in [-0.4, -0.2) is 50.2 Å². The summed E-state index contributed by atoms with van der Waals surface area (Å²) < 4.78 is 13.4. The Morgan fingerprint density at radius 2 is 2.17 bits per heavy atom. The van der Waals surface area contributed by atoms with Gasteiger partial charge in [0.05, 0.1) is 12.2 Å². The first-order valence-corrected chi connectivity index (χ1v) is 8.27. The standard InChI is InChI=1S/C17H24N4O3/c1-12-10-20-9-7-18-15(14(20)19-12)23-13-6-5-8-21(11-13)16(22)24-17(2,3)4/h7,9-10,13H,5-6,8,11H2,1-4H3. The zero-order valence-electron chi connectivity index (χ0n) is 14.7. The van der Waals surface area contributed by atoms with E-state index in [1.165, 1.54) is 0 Å². The van der Waals surface area contributed by atoms with Gasteiger partial charge in [-0.05, 0) is 40.5 Å². The van der Waals surface area contributed by atoms with E-state index in [1.807, 2.05) is 44.5 Å². The summed E-state index contributed by atoms with van der Waals surface area (Å²) >= 11 is 0. The predicted octanol–water partition coefficient (Wildman–Crippen LogP) is 2.82. The number of hydrogen-bond donors (Lipinski definition) is 0. The molecule has 0 bridgehead atoms. The molecule has 2 aromatic rings. The Hall–Kier alpha value is -2.31. The molecule has 2 aromatic heterocycles. The van der Waals surface area contributed by atoms with Gasteiger partial charge in [-0.3, -0.25) is 0 Å². The van der Waals surface area contributed by atoms with Crippen LogP contribution >= 0.6 is 0 Å². The number of ether oxygens (including phenoxy) is 2. The molecule has 0 radical (unpaired) electrons. The summed E-state index contributed by atoms with van der Waals surface area (Å²) in [5.41, 5.74) is 1.11. The lowest BCUT2D eigenvalue weighted by atomic mass is 10.1. The van der Waals surface area contributed by atoms with Crippen molar-refractivity contribution in [2.75, 3.05) is 13.1 Å². The van der Waals surface area contributed by atoms with Gasteiger partial charge in [0.1, 0.15) is 11.7 Å². The molecule has 24 heavy (non-hydrogen) atoms. The number of nitrogens with zero attached hydrogens (tertiary/aromatic N) is 4. The number of aromatic nitrogens is 3. The van der Waals surface area contributed by atoms with Crippen molar-refractivity contribution >= 4 is 11.7 Å². The molecule has 3 rings (SSSR count). The zero-order chi connectivity index (χ0) is 17.3. The maximum absolute atomic E-state index is 12.2. The van der Waals surface area contributed by atoms with Gasteiger partial charge < -0.3 is 18.8 Å². The third-order valence-corrected chi connectivity index (χ3v) is 3.77. The number of aryl methyl sites for hydroxylation is 1. The number of carbonyl (C=O) groups excluding carboxylic acids is 1. The average molecular weight is 332 g/mol. The molecule has 1 aliphatic heterocycles. The normalized spacial score (nSPS) is 18.7. The van der Waals surface area contributed by atoms with Gasteiger partial charge in [0, 0.05) is 25.1 Å². The molecule has 0 aromatic carbocycles. The first-order valence-electron chi connectivity index (χ1n) is 8.27. The molecule has 1 fully saturated rings. The van der Waals surface area contributed by atoms with Gasteiger partial charge in [0.25, 0.3) is 5.88 Å². The van der Waals surface area contributed by atoms with Gasteiger partial charge >= 0.3 is 6.09 Å². The molecule has 3 heterocycles. The van der Waals surface area contributed by atoms with Gasteiger partial charge in [0.15, 0.2) is 0 Å². The van der Waals surface area contributed by atoms with E-state index in [0.29, 0.717) is 24.6 Å². The molecule has 7 heteroatoms. The predicted molar refractivity (Wildman–Crippen MR) is 89.2 cm³/mol. The van der Waals surface area contributed by atoms with Crippen molar-refractivity contribution in [3.8, 4) is 5.88 Å².